The maximum atomic E-state index is 11.2. The Morgan fingerprint density at radius 2 is 2.33 bits per heavy atom. The van der Waals surface area contributed by atoms with Gasteiger partial charge in [0, 0.05) is 20.1 Å². The van der Waals surface area contributed by atoms with Crippen molar-refractivity contribution in [2.75, 3.05) is 19.0 Å². The van der Waals surface area contributed by atoms with Crippen molar-refractivity contribution in [3.8, 4) is 0 Å². The number of aromatic nitrogens is 1. The predicted molar refractivity (Wildman–Crippen MR) is 61.8 cm³/mol. The molecule has 0 fully saturated rings. The second-order valence-electron chi connectivity index (χ2n) is 3.49. The maximum absolute atomic E-state index is 11.2. The van der Waals surface area contributed by atoms with E-state index in [0.717, 1.165) is 15.7 Å². The molecule has 4 nitrogen and oxygen atoms in total. The number of ketones is 1. The van der Waals surface area contributed by atoms with E-state index in [9.17, 15) is 4.79 Å². The molecule has 15 heavy (non-hydrogen) atoms. The number of thiazole rings is 1. The third-order valence-electron chi connectivity index (χ3n) is 1.90. The van der Waals surface area contributed by atoms with Gasteiger partial charge in [-0.25, -0.2) is 4.98 Å². The van der Waals surface area contributed by atoms with Gasteiger partial charge in [-0.05, 0) is 13.8 Å². The van der Waals surface area contributed by atoms with Crippen LogP contribution in [0.25, 0.3) is 0 Å². The van der Waals surface area contributed by atoms with Crippen LogP contribution >= 0.6 is 11.3 Å². The van der Waals surface area contributed by atoms with Crippen LogP contribution in [0.15, 0.2) is 0 Å². The summed E-state index contributed by atoms with van der Waals surface area (Å²) >= 11 is 1.39. The number of anilines is 1. The highest BCUT2D eigenvalue weighted by atomic mass is 32.1. The summed E-state index contributed by atoms with van der Waals surface area (Å²) in [5.74, 6) is 0.0671. The normalized spacial score (nSPS) is 12.5. The van der Waals surface area contributed by atoms with Crippen molar-refractivity contribution in [3.63, 3.8) is 0 Å². The molecule has 0 spiro atoms. The molecular weight excluding hydrogens is 212 g/mol. The molecule has 0 aliphatic rings. The second kappa shape index (κ2) is 5.23. The second-order valence-corrected chi connectivity index (χ2v) is 4.49. The quantitative estimate of drug-likeness (QED) is 0.784. The first-order valence-electron chi connectivity index (χ1n) is 4.78. The van der Waals surface area contributed by atoms with Crippen molar-refractivity contribution < 1.29 is 9.53 Å². The smallest absolute Gasteiger partial charge is 0.183 e. The topological polar surface area (TPSA) is 51.2 Å². The number of rotatable bonds is 5. The van der Waals surface area contributed by atoms with Crippen molar-refractivity contribution in [3.05, 3.63) is 10.6 Å². The van der Waals surface area contributed by atoms with Crippen LogP contribution in [0.5, 0.6) is 0 Å². The van der Waals surface area contributed by atoms with E-state index in [1.54, 1.807) is 14.0 Å². The van der Waals surface area contributed by atoms with E-state index >= 15 is 0 Å². The zero-order chi connectivity index (χ0) is 11.4. The molecule has 0 bridgehead atoms. The Morgan fingerprint density at radius 3 is 2.80 bits per heavy atom. The third kappa shape index (κ3) is 3.28. The maximum Gasteiger partial charge on any atom is 0.183 e. The fourth-order valence-electron chi connectivity index (χ4n) is 1.29. The molecule has 1 heterocycles. The fraction of sp³-hybridized carbons (Fsp3) is 0.600. The first-order chi connectivity index (χ1) is 7.04. The zero-order valence-corrected chi connectivity index (χ0v) is 10.3. The van der Waals surface area contributed by atoms with Gasteiger partial charge in [0.05, 0.1) is 17.2 Å². The summed E-state index contributed by atoms with van der Waals surface area (Å²) in [7, 11) is 1.66. The van der Waals surface area contributed by atoms with Gasteiger partial charge in [0.2, 0.25) is 0 Å². The summed E-state index contributed by atoms with van der Waals surface area (Å²) in [6.45, 7) is 6.03. The lowest BCUT2D eigenvalue weighted by molar-refractivity contribution is 0.102. The average Bonchev–Trinajstić information content (AvgIpc) is 2.47. The van der Waals surface area contributed by atoms with E-state index in [0.29, 0.717) is 6.61 Å². The zero-order valence-electron chi connectivity index (χ0n) is 9.46. The number of carbonyl (C=O) groups excluding carboxylic acids is 1. The average molecular weight is 228 g/mol. The molecule has 84 valence electrons. The molecule has 1 rings (SSSR count). The number of aryl methyl sites for hydroxylation is 1. The van der Waals surface area contributed by atoms with E-state index in [2.05, 4.69) is 10.3 Å². The number of hydrogen-bond donors (Lipinski definition) is 1. The number of methoxy groups -OCH3 is 1. The first-order valence-corrected chi connectivity index (χ1v) is 5.60. The van der Waals surface area contributed by atoms with E-state index in [1.165, 1.54) is 11.3 Å². The van der Waals surface area contributed by atoms with E-state index < -0.39 is 0 Å². The SMILES string of the molecule is COC[C@H](C)Nc1nc(C)c(C(C)=O)s1. The summed E-state index contributed by atoms with van der Waals surface area (Å²) in [6, 6.07) is 0.195. The van der Waals surface area contributed by atoms with Gasteiger partial charge < -0.3 is 10.1 Å². The molecule has 0 amide bonds. The number of carbonyl (C=O) groups is 1. The van der Waals surface area contributed by atoms with E-state index in [1.807, 2.05) is 13.8 Å². The van der Waals surface area contributed by atoms with Crippen LogP contribution in [0.4, 0.5) is 5.13 Å². The van der Waals surface area contributed by atoms with E-state index in [4.69, 9.17) is 4.74 Å². The minimum absolute atomic E-state index is 0.0671. The van der Waals surface area contributed by atoms with Crippen molar-refractivity contribution in [2.24, 2.45) is 0 Å². The Bertz CT molecular complexity index is 349. The Labute approximate surface area is 93.7 Å². The summed E-state index contributed by atoms with van der Waals surface area (Å²) in [6.07, 6.45) is 0. The summed E-state index contributed by atoms with van der Waals surface area (Å²) in [5.41, 5.74) is 0.791. The van der Waals surface area contributed by atoms with Crippen molar-refractivity contribution >= 4 is 22.3 Å². The molecule has 0 aliphatic carbocycles. The third-order valence-corrected chi connectivity index (χ3v) is 3.09. The minimum atomic E-state index is 0.0671. The van der Waals surface area contributed by atoms with Crippen LogP contribution in [0.3, 0.4) is 0 Å². The van der Waals surface area contributed by atoms with Crippen LogP contribution in [0, 0.1) is 6.92 Å². The molecule has 1 aromatic rings. The molecule has 5 heteroatoms. The highest BCUT2D eigenvalue weighted by molar-refractivity contribution is 7.17. The van der Waals surface area contributed by atoms with Gasteiger partial charge in [0.15, 0.2) is 10.9 Å². The predicted octanol–water partition coefficient (Wildman–Crippen LogP) is 2.10. The van der Waals surface area contributed by atoms with E-state index in [-0.39, 0.29) is 11.8 Å². The van der Waals surface area contributed by atoms with Gasteiger partial charge in [-0.1, -0.05) is 11.3 Å². The molecular formula is C10H16N2O2S. The van der Waals surface area contributed by atoms with Crippen molar-refractivity contribution in [1.29, 1.82) is 0 Å². The first kappa shape index (κ1) is 12.1. The van der Waals surface area contributed by atoms with Gasteiger partial charge in [-0.2, -0.15) is 0 Å². The Morgan fingerprint density at radius 1 is 1.67 bits per heavy atom. The number of hydrogen-bond acceptors (Lipinski definition) is 5. The molecule has 0 radical (unpaired) electrons. The lowest BCUT2D eigenvalue weighted by Crippen LogP contribution is -2.20. The molecule has 1 N–H and O–H groups in total. The van der Waals surface area contributed by atoms with Gasteiger partial charge in [0.1, 0.15) is 0 Å². The monoisotopic (exact) mass is 228 g/mol. The Hall–Kier alpha value is -0.940. The van der Waals surface area contributed by atoms with Gasteiger partial charge in [-0.15, -0.1) is 0 Å². The van der Waals surface area contributed by atoms with Crippen molar-refractivity contribution in [1.82, 2.24) is 4.98 Å². The molecule has 0 unspecified atom stereocenters. The summed E-state index contributed by atoms with van der Waals surface area (Å²) in [4.78, 5) is 16.2. The van der Waals surface area contributed by atoms with Gasteiger partial charge in [0.25, 0.3) is 0 Å². The molecule has 0 saturated heterocycles. The molecule has 0 aromatic carbocycles. The fourth-order valence-corrected chi connectivity index (χ4v) is 2.26. The molecule has 0 saturated carbocycles. The largest absolute Gasteiger partial charge is 0.383 e. The van der Waals surface area contributed by atoms with Crippen molar-refractivity contribution in [2.45, 2.75) is 26.8 Å². The highest BCUT2D eigenvalue weighted by Gasteiger charge is 2.12. The highest BCUT2D eigenvalue weighted by Crippen LogP contribution is 2.23. The molecule has 1 aromatic heterocycles. The lowest BCUT2D eigenvalue weighted by atomic mass is 10.3. The number of nitrogens with one attached hydrogen (secondary N) is 1. The number of ether oxygens (including phenoxy) is 1. The lowest BCUT2D eigenvalue weighted by Gasteiger charge is -2.10. The number of Topliss-reactive ketones (excluding diaryl/α,β-unsaturated/α-hetero) is 1. The van der Waals surface area contributed by atoms with Crippen LogP contribution in [-0.2, 0) is 4.74 Å². The van der Waals surface area contributed by atoms with Crippen LogP contribution < -0.4 is 5.32 Å². The van der Waals surface area contributed by atoms with Gasteiger partial charge in [-0.3, -0.25) is 4.79 Å². The standard InChI is InChI=1S/C10H16N2O2S/c1-6(5-14-4)11-10-12-7(2)9(15-10)8(3)13/h6H,5H2,1-4H3,(H,11,12)/t6-/m0/s1. The summed E-state index contributed by atoms with van der Waals surface area (Å²) in [5, 5.41) is 3.97. The van der Waals surface area contributed by atoms with Crippen LogP contribution in [0.2, 0.25) is 0 Å². The molecule has 1 atom stereocenters. The van der Waals surface area contributed by atoms with Crippen LogP contribution in [0.1, 0.15) is 29.2 Å². The van der Waals surface area contributed by atoms with Crippen LogP contribution in [-0.4, -0.2) is 30.5 Å². The Balaban J connectivity index is 2.71. The number of nitrogens with zero attached hydrogens (tertiary/aromatic N) is 1. The minimum Gasteiger partial charge on any atom is -0.383 e. The Kier molecular flexibility index (Phi) is 4.23. The summed E-state index contributed by atoms with van der Waals surface area (Å²) < 4.78 is 5.01. The molecule has 0 aliphatic heterocycles. The van der Waals surface area contributed by atoms with Gasteiger partial charge >= 0.3 is 0 Å².